The molecule has 3 atom stereocenters. The lowest BCUT2D eigenvalue weighted by atomic mass is 9.90. The molecule has 0 saturated carbocycles. The molecule has 2 fully saturated rings. The van der Waals surface area contributed by atoms with Crippen LogP contribution in [0.4, 0.5) is 4.79 Å². The van der Waals surface area contributed by atoms with Crippen LogP contribution in [-0.2, 0) is 14.2 Å². The quantitative estimate of drug-likeness (QED) is 0.651. The minimum Gasteiger partial charge on any atom is -0.435 e. The predicted octanol–water partition coefficient (Wildman–Crippen LogP) is 1.73. The number of hydrogen-bond acceptors (Lipinski definition) is 4. The van der Waals surface area contributed by atoms with E-state index in [1.807, 2.05) is 0 Å². The average molecular weight is 200 g/mol. The molecule has 3 unspecified atom stereocenters. The molecule has 4 nitrogen and oxygen atoms in total. The van der Waals surface area contributed by atoms with Crippen molar-refractivity contribution in [3.05, 3.63) is 0 Å². The van der Waals surface area contributed by atoms with Crippen molar-refractivity contribution in [2.24, 2.45) is 5.92 Å². The second kappa shape index (κ2) is 4.17. The van der Waals surface area contributed by atoms with Gasteiger partial charge >= 0.3 is 6.16 Å². The lowest BCUT2D eigenvalue weighted by Gasteiger charge is -2.17. The van der Waals surface area contributed by atoms with Crippen molar-refractivity contribution in [3.8, 4) is 0 Å². The number of hydrogen-bond donors (Lipinski definition) is 0. The molecule has 80 valence electrons. The van der Waals surface area contributed by atoms with Crippen molar-refractivity contribution in [3.63, 3.8) is 0 Å². The molecule has 2 saturated heterocycles. The van der Waals surface area contributed by atoms with Gasteiger partial charge in [-0.1, -0.05) is 0 Å². The van der Waals surface area contributed by atoms with Crippen LogP contribution in [0.1, 0.15) is 26.2 Å². The topological polar surface area (TPSA) is 44.8 Å². The molecule has 0 spiro atoms. The Morgan fingerprint density at radius 2 is 2.29 bits per heavy atom. The van der Waals surface area contributed by atoms with Crippen molar-refractivity contribution in [1.29, 1.82) is 0 Å². The van der Waals surface area contributed by atoms with Gasteiger partial charge in [-0.2, -0.15) is 0 Å². The van der Waals surface area contributed by atoms with Crippen molar-refractivity contribution < 1.29 is 19.0 Å². The first-order chi connectivity index (χ1) is 6.79. The fourth-order valence-corrected chi connectivity index (χ4v) is 2.25. The van der Waals surface area contributed by atoms with E-state index < -0.39 is 6.16 Å². The van der Waals surface area contributed by atoms with Crippen LogP contribution < -0.4 is 0 Å². The molecule has 0 aromatic carbocycles. The molecule has 2 heterocycles. The van der Waals surface area contributed by atoms with Crippen molar-refractivity contribution in [2.75, 3.05) is 13.2 Å². The summed E-state index contributed by atoms with van der Waals surface area (Å²) >= 11 is 0. The first-order valence-corrected chi connectivity index (χ1v) is 5.24. The summed E-state index contributed by atoms with van der Waals surface area (Å²) in [5.74, 6) is 0.387. The monoisotopic (exact) mass is 200 g/mol. The minimum absolute atomic E-state index is 0.314. The molecule has 0 aromatic rings. The molecule has 2 aliphatic heterocycles. The van der Waals surface area contributed by atoms with E-state index in [0.29, 0.717) is 31.3 Å². The third-order valence-corrected chi connectivity index (χ3v) is 2.91. The lowest BCUT2D eigenvalue weighted by molar-refractivity contribution is 0.0328. The largest absolute Gasteiger partial charge is 0.508 e. The molecule has 0 amide bonds. The molecule has 2 bridgehead atoms. The second-order valence-electron chi connectivity index (χ2n) is 3.86. The van der Waals surface area contributed by atoms with Gasteiger partial charge in [0.1, 0.15) is 6.61 Å². The Hall–Kier alpha value is -0.770. The highest BCUT2D eigenvalue weighted by atomic mass is 16.7. The van der Waals surface area contributed by atoms with Gasteiger partial charge in [0.2, 0.25) is 0 Å². The first-order valence-electron chi connectivity index (χ1n) is 5.24. The number of ether oxygens (including phenoxy) is 3. The molecule has 0 aromatic heterocycles. The Bertz CT molecular complexity index is 216. The van der Waals surface area contributed by atoms with Crippen LogP contribution in [0.15, 0.2) is 0 Å². The zero-order valence-corrected chi connectivity index (χ0v) is 8.40. The van der Waals surface area contributed by atoms with Crippen molar-refractivity contribution in [2.45, 2.75) is 38.4 Å². The van der Waals surface area contributed by atoms with Gasteiger partial charge in [0.15, 0.2) is 0 Å². The van der Waals surface area contributed by atoms with Crippen LogP contribution in [0.2, 0.25) is 0 Å². The van der Waals surface area contributed by atoms with Crippen LogP contribution in [0.3, 0.4) is 0 Å². The molecular formula is C10H16O4. The fraction of sp³-hybridized carbons (Fsp3) is 0.900. The molecular weight excluding hydrogens is 184 g/mol. The Morgan fingerprint density at radius 3 is 2.86 bits per heavy atom. The Balaban J connectivity index is 1.69. The standard InChI is InChI=1S/C10H16O4/c1-2-12-10(11)13-6-7-5-8-3-4-9(7)14-8/h7-9H,2-6H2,1H3. The lowest BCUT2D eigenvalue weighted by Crippen LogP contribution is -2.23. The van der Waals surface area contributed by atoms with E-state index >= 15 is 0 Å². The number of carbonyl (C=O) groups excluding carboxylic acids is 1. The number of rotatable bonds is 3. The van der Waals surface area contributed by atoms with Crippen LogP contribution in [0.25, 0.3) is 0 Å². The van der Waals surface area contributed by atoms with Crippen LogP contribution >= 0.6 is 0 Å². The highest BCUT2D eigenvalue weighted by molar-refractivity contribution is 5.59. The summed E-state index contributed by atoms with van der Waals surface area (Å²) in [6.45, 7) is 2.58. The molecule has 2 rings (SSSR count). The highest BCUT2D eigenvalue weighted by Gasteiger charge is 2.41. The Morgan fingerprint density at radius 1 is 1.43 bits per heavy atom. The second-order valence-corrected chi connectivity index (χ2v) is 3.86. The van der Waals surface area contributed by atoms with E-state index in [1.165, 1.54) is 6.42 Å². The fourth-order valence-electron chi connectivity index (χ4n) is 2.25. The minimum atomic E-state index is -0.560. The summed E-state index contributed by atoms with van der Waals surface area (Å²) in [5, 5.41) is 0. The maximum absolute atomic E-state index is 10.9. The third-order valence-electron chi connectivity index (χ3n) is 2.91. The molecule has 0 N–H and O–H groups in total. The van der Waals surface area contributed by atoms with Gasteiger partial charge in [0, 0.05) is 5.92 Å². The van der Waals surface area contributed by atoms with Gasteiger partial charge in [-0.3, -0.25) is 0 Å². The van der Waals surface area contributed by atoms with Gasteiger partial charge in [0.05, 0.1) is 18.8 Å². The zero-order chi connectivity index (χ0) is 9.97. The predicted molar refractivity (Wildman–Crippen MR) is 49.0 cm³/mol. The summed E-state index contributed by atoms with van der Waals surface area (Å²) in [4.78, 5) is 10.9. The average Bonchev–Trinajstić information content (AvgIpc) is 2.76. The van der Waals surface area contributed by atoms with E-state index in [9.17, 15) is 4.79 Å². The Kier molecular flexibility index (Phi) is 2.91. The number of carbonyl (C=O) groups is 1. The summed E-state index contributed by atoms with van der Waals surface area (Å²) in [6, 6.07) is 0. The smallest absolute Gasteiger partial charge is 0.435 e. The maximum atomic E-state index is 10.9. The molecule has 14 heavy (non-hydrogen) atoms. The first kappa shape index (κ1) is 9.77. The van der Waals surface area contributed by atoms with E-state index in [-0.39, 0.29) is 0 Å². The summed E-state index contributed by atoms with van der Waals surface area (Å²) in [5.41, 5.74) is 0. The molecule has 2 aliphatic rings. The van der Waals surface area contributed by atoms with Gasteiger partial charge < -0.3 is 14.2 Å². The molecule has 0 aliphatic carbocycles. The van der Waals surface area contributed by atoms with Gasteiger partial charge in [-0.25, -0.2) is 4.79 Å². The molecule has 0 radical (unpaired) electrons. The van der Waals surface area contributed by atoms with E-state index in [0.717, 1.165) is 12.8 Å². The van der Waals surface area contributed by atoms with Gasteiger partial charge in [-0.05, 0) is 26.2 Å². The third kappa shape index (κ3) is 2.00. The van der Waals surface area contributed by atoms with E-state index in [4.69, 9.17) is 9.47 Å². The summed E-state index contributed by atoms with van der Waals surface area (Å²) < 4.78 is 15.3. The van der Waals surface area contributed by atoms with Crippen LogP contribution in [0.5, 0.6) is 0 Å². The maximum Gasteiger partial charge on any atom is 0.508 e. The Labute approximate surface area is 83.5 Å². The summed E-state index contributed by atoms with van der Waals surface area (Å²) in [7, 11) is 0. The highest BCUT2D eigenvalue weighted by Crippen LogP contribution is 2.38. The van der Waals surface area contributed by atoms with E-state index in [1.54, 1.807) is 6.92 Å². The normalized spacial score (nSPS) is 34.5. The SMILES string of the molecule is CCOC(=O)OCC1CC2CCC1O2. The molecule has 4 heteroatoms. The zero-order valence-electron chi connectivity index (χ0n) is 8.40. The van der Waals surface area contributed by atoms with E-state index in [2.05, 4.69) is 4.74 Å². The van der Waals surface area contributed by atoms with Gasteiger partial charge in [-0.15, -0.1) is 0 Å². The summed E-state index contributed by atoms with van der Waals surface area (Å²) in [6.07, 6.45) is 3.48. The van der Waals surface area contributed by atoms with Crippen LogP contribution in [-0.4, -0.2) is 31.6 Å². The van der Waals surface area contributed by atoms with Crippen LogP contribution in [0, 0.1) is 5.92 Å². The van der Waals surface area contributed by atoms with Gasteiger partial charge in [0.25, 0.3) is 0 Å². The number of fused-ring (bicyclic) bond motifs is 2. The van der Waals surface area contributed by atoms with Crippen molar-refractivity contribution >= 4 is 6.16 Å². The van der Waals surface area contributed by atoms with Crippen molar-refractivity contribution in [1.82, 2.24) is 0 Å².